The van der Waals surface area contributed by atoms with Gasteiger partial charge in [0.05, 0.1) is 7.11 Å². The topological polar surface area (TPSA) is 38.5 Å². The SMILES string of the molecule is COc1ccc(CN(C)C2(CN)CSC(C)C2)cc1. The van der Waals surface area contributed by atoms with Crippen LogP contribution in [0.2, 0.25) is 0 Å². The minimum atomic E-state index is 0.157. The molecule has 1 heterocycles. The van der Waals surface area contributed by atoms with Gasteiger partial charge in [-0.25, -0.2) is 0 Å². The van der Waals surface area contributed by atoms with Gasteiger partial charge in [-0.15, -0.1) is 0 Å². The van der Waals surface area contributed by atoms with Gasteiger partial charge in [0.2, 0.25) is 0 Å². The standard InChI is InChI=1S/C15H24N2OS/c1-12-8-15(10-16,11-19-12)17(2)9-13-4-6-14(18-3)7-5-13/h4-7,12H,8-11,16H2,1-3H3. The van der Waals surface area contributed by atoms with Gasteiger partial charge in [-0.1, -0.05) is 19.1 Å². The molecule has 1 aliphatic rings. The fourth-order valence-corrected chi connectivity index (χ4v) is 4.17. The van der Waals surface area contributed by atoms with Crippen molar-refractivity contribution in [2.75, 3.05) is 26.5 Å². The van der Waals surface area contributed by atoms with E-state index in [0.717, 1.165) is 24.6 Å². The van der Waals surface area contributed by atoms with Crippen LogP contribution in [0.15, 0.2) is 24.3 Å². The molecule has 1 saturated heterocycles. The van der Waals surface area contributed by atoms with Gasteiger partial charge in [0.15, 0.2) is 0 Å². The predicted octanol–water partition coefficient (Wildman–Crippen LogP) is 2.35. The number of hydrogen-bond acceptors (Lipinski definition) is 4. The Kier molecular flexibility index (Phi) is 4.76. The first-order valence-electron chi connectivity index (χ1n) is 6.75. The number of hydrogen-bond donors (Lipinski definition) is 1. The highest BCUT2D eigenvalue weighted by Crippen LogP contribution is 2.38. The first-order valence-corrected chi connectivity index (χ1v) is 7.80. The van der Waals surface area contributed by atoms with Gasteiger partial charge < -0.3 is 10.5 Å². The summed E-state index contributed by atoms with van der Waals surface area (Å²) in [5.41, 5.74) is 7.52. The lowest BCUT2D eigenvalue weighted by atomic mass is 9.94. The van der Waals surface area contributed by atoms with Gasteiger partial charge in [-0.3, -0.25) is 4.90 Å². The van der Waals surface area contributed by atoms with Crippen LogP contribution in [-0.4, -0.2) is 42.1 Å². The van der Waals surface area contributed by atoms with Crippen molar-refractivity contribution in [1.29, 1.82) is 0 Å². The minimum Gasteiger partial charge on any atom is -0.497 e. The third kappa shape index (κ3) is 3.25. The number of likely N-dealkylation sites (N-methyl/N-ethyl adjacent to an activating group) is 1. The molecule has 0 bridgehead atoms. The molecule has 106 valence electrons. The molecule has 2 N–H and O–H groups in total. The van der Waals surface area contributed by atoms with Crippen molar-refractivity contribution < 1.29 is 4.74 Å². The molecular weight excluding hydrogens is 256 g/mol. The first-order chi connectivity index (χ1) is 9.09. The quantitative estimate of drug-likeness (QED) is 0.898. The van der Waals surface area contributed by atoms with E-state index in [2.05, 4.69) is 31.0 Å². The number of rotatable bonds is 5. The lowest BCUT2D eigenvalue weighted by Gasteiger charge is -2.37. The monoisotopic (exact) mass is 280 g/mol. The summed E-state index contributed by atoms with van der Waals surface area (Å²) in [5, 5.41) is 0.710. The van der Waals surface area contributed by atoms with Gasteiger partial charge in [0.1, 0.15) is 5.75 Å². The van der Waals surface area contributed by atoms with E-state index in [1.54, 1.807) is 7.11 Å². The zero-order chi connectivity index (χ0) is 13.9. The number of nitrogens with two attached hydrogens (primary N) is 1. The summed E-state index contributed by atoms with van der Waals surface area (Å²) in [6.45, 7) is 3.97. The van der Waals surface area contributed by atoms with Crippen molar-refractivity contribution in [2.24, 2.45) is 5.73 Å². The maximum Gasteiger partial charge on any atom is 0.118 e. The van der Waals surface area contributed by atoms with Crippen LogP contribution >= 0.6 is 11.8 Å². The third-order valence-corrected chi connectivity index (χ3v) is 5.51. The zero-order valence-corrected chi connectivity index (χ0v) is 12.9. The summed E-state index contributed by atoms with van der Waals surface area (Å²) in [4.78, 5) is 2.42. The molecule has 0 aliphatic carbocycles. The summed E-state index contributed by atoms with van der Waals surface area (Å²) >= 11 is 2.03. The van der Waals surface area contributed by atoms with Crippen LogP contribution in [-0.2, 0) is 6.54 Å². The molecule has 0 radical (unpaired) electrons. The molecule has 2 atom stereocenters. The van der Waals surface area contributed by atoms with E-state index in [9.17, 15) is 0 Å². The predicted molar refractivity (Wildman–Crippen MR) is 82.8 cm³/mol. The normalized spacial score (nSPS) is 26.9. The molecule has 0 saturated carbocycles. The maximum absolute atomic E-state index is 6.06. The Balaban J connectivity index is 2.04. The van der Waals surface area contributed by atoms with Crippen molar-refractivity contribution in [2.45, 2.75) is 30.7 Å². The van der Waals surface area contributed by atoms with Crippen LogP contribution in [0, 0.1) is 0 Å². The van der Waals surface area contributed by atoms with Gasteiger partial charge in [0, 0.05) is 29.6 Å². The molecule has 2 rings (SSSR count). The minimum absolute atomic E-state index is 0.157. The van der Waals surface area contributed by atoms with Crippen molar-refractivity contribution in [3.63, 3.8) is 0 Å². The summed E-state index contributed by atoms with van der Waals surface area (Å²) in [6, 6.07) is 8.30. The molecule has 0 amide bonds. The molecule has 1 aromatic rings. The highest BCUT2D eigenvalue weighted by molar-refractivity contribution is 8.00. The zero-order valence-electron chi connectivity index (χ0n) is 12.1. The van der Waals surface area contributed by atoms with Gasteiger partial charge in [0.25, 0.3) is 0 Å². The van der Waals surface area contributed by atoms with E-state index >= 15 is 0 Å². The van der Waals surface area contributed by atoms with E-state index < -0.39 is 0 Å². The van der Waals surface area contributed by atoms with Gasteiger partial charge in [-0.05, 0) is 31.2 Å². The molecule has 1 aromatic carbocycles. The molecular formula is C15H24N2OS. The molecule has 2 unspecified atom stereocenters. The average Bonchev–Trinajstić information content (AvgIpc) is 2.82. The number of ether oxygens (including phenoxy) is 1. The Morgan fingerprint density at radius 3 is 2.58 bits per heavy atom. The van der Waals surface area contributed by atoms with Crippen LogP contribution < -0.4 is 10.5 Å². The van der Waals surface area contributed by atoms with Gasteiger partial charge >= 0.3 is 0 Å². The lowest BCUT2D eigenvalue weighted by Crippen LogP contribution is -2.52. The summed E-state index contributed by atoms with van der Waals surface area (Å²) in [5.74, 6) is 2.04. The number of thioether (sulfide) groups is 1. The molecule has 1 fully saturated rings. The number of benzene rings is 1. The average molecular weight is 280 g/mol. The molecule has 3 nitrogen and oxygen atoms in total. The Morgan fingerprint density at radius 1 is 1.42 bits per heavy atom. The lowest BCUT2D eigenvalue weighted by molar-refractivity contribution is 0.139. The van der Waals surface area contributed by atoms with Crippen LogP contribution in [0.5, 0.6) is 5.75 Å². The molecule has 4 heteroatoms. The third-order valence-electron chi connectivity index (χ3n) is 4.07. The van der Waals surface area contributed by atoms with Crippen molar-refractivity contribution >= 4 is 11.8 Å². The Bertz CT molecular complexity index is 409. The largest absolute Gasteiger partial charge is 0.497 e. The second-order valence-corrected chi connectivity index (χ2v) is 6.89. The molecule has 1 aliphatic heterocycles. The van der Waals surface area contributed by atoms with Crippen molar-refractivity contribution in [1.82, 2.24) is 4.90 Å². The fraction of sp³-hybridized carbons (Fsp3) is 0.600. The Labute approximate surface area is 120 Å². The van der Waals surface area contributed by atoms with Crippen molar-refractivity contribution in [3.05, 3.63) is 29.8 Å². The Hall–Kier alpha value is -0.710. The summed E-state index contributed by atoms with van der Waals surface area (Å²) in [7, 11) is 3.89. The second kappa shape index (κ2) is 6.16. The fourth-order valence-electron chi connectivity index (χ4n) is 2.69. The summed E-state index contributed by atoms with van der Waals surface area (Å²) < 4.78 is 5.19. The molecule has 19 heavy (non-hydrogen) atoms. The van der Waals surface area contributed by atoms with E-state index in [1.807, 2.05) is 23.9 Å². The molecule has 0 spiro atoms. The van der Waals surface area contributed by atoms with E-state index in [1.165, 1.54) is 12.0 Å². The number of nitrogens with zero attached hydrogens (tertiary/aromatic N) is 1. The van der Waals surface area contributed by atoms with E-state index in [4.69, 9.17) is 10.5 Å². The smallest absolute Gasteiger partial charge is 0.118 e. The van der Waals surface area contributed by atoms with Crippen molar-refractivity contribution in [3.8, 4) is 5.75 Å². The highest BCUT2D eigenvalue weighted by Gasteiger charge is 2.40. The maximum atomic E-state index is 6.06. The van der Waals surface area contributed by atoms with Crippen LogP contribution in [0.25, 0.3) is 0 Å². The van der Waals surface area contributed by atoms with E-state index in [-0.39, 0.29) is 5.54 Å². The van der Waals surface area contributed by atoms with Crippen LogP contribution in [0.3, 0.4) is 0 Å². The van der Waals surface area contributed by atoms with E-state index in [0.29, 0.717) is 5.25 Å². The molecule has 0 aromatic heterocycles. The van der Waals surface area contributed by atoms with Crippen LogP contribution in [0.1, 0.15) is 18.9 Å². The second-order valence-electron chi connectivity index (χ2n) is 5.46. The highest BCUT2D eigenvalue weighted by atomic mass is 32.2. The number of methoxy groups -OCH3 is 1. The first kappa shape index (κ1) is 14.7. The Morgan fingerprint density at radius 2 is 2.11 bits per heavy atom. The van der Waals surface area contributed by atoms with Gasteiger partial charge in [-0.2, -0.15) is 11.8 Å². The van der Waals surface area contributed by atoms with Crippen LogP contribution in [0.4, 0.5) is 0 Å². The summed E-state index contributed by atoms with van der Waals surface area (Å²) in [6.07, 6.45) is 1.18.